The van der Waals surface area contributed by atoms with Crippen molar-refractivity contribution < 1.29 is 13.9 Å². The van der Waals surface area contributed by atoms with Crippen molar-refractivity contribution in [1.29, 1.82) is 0 Å². The first-order chi connectivity index (χ1) is 10.1. The number of carbonyl (C=O) groups is 1. The fourth-order valence-electron chi connectivity index (χ4n) is 1.61. The molecule has 0 aliphatic carbocycles. The molecule has 2 rings (SSSR count). The Morgan fingerprint density at radius 2 is 2.10 bits per heavy atom. The van der Waals surface area contributed by atoms with E-state index in [0.717, 1.165) is 5.56 Å². The second-order valence-corrected chi connectivity index (χ2v) is 5.91. The number of esters is 1. The summed E-state index contributed by atoms with van der Waals surface area (Å²) in [5.74, 6) is 1.83. The van der Waals surface area contributed by atoms with Gasteiger partial charge in [-0.25, -0.2) is 0 Å². The Balaban J connectivity index is 1.89. The molecule has 2 aromatic rings. The second-order valence-electron chi connectivity index (χ2n) is 4.45. The van der Waals surface area contributed by atoms with Crippen LogP contribution < -0.4 is 0 Å². The van der Waals surface area contributed by atoms with Gasteiger partial charge < -0.3 is 9.15 Å². The highest BCUT2D eigenvalue weighted by Crippen LogP contribution is 2.22. The maximum Gasteiger partial charge on any atom is 0.309 e. The van der Waals surface area contributed by atoms with Crippen LogP contribution in [0.5, 0.6) is 0 Å². The van der Waals surface area contributed by atoms with Crippen LogP contribution in [0.3, 0.4) is 0 Å². The van der Waals surface area contributed by atoms with Crippen molar-refractivity contribution in [1.82, 2.24) is 10.2 Å². The lowest BCUT2D eigenvalue weighted by Crippen LogP contribution is -2.14. The summed E-state index contributed by atoms with van der Waals surface area (Å²) in [6.07, 6.45) is 0. The lowest BCUT2D eigenvalue weighted by molar-refractivity contribution is -0.143. The summed E-state index contributed by atoms with van der Waals surface area (Å²) in [4.78, 5) is 11.3. The first kappa shape index (κ1) is 15.9. The van der Waals surface area contributed by atoms with Gasteiger partial charge in [-0.05, 0) is 24.3 Å². The average molecular weight is 327 g/mol. The number of hydrogen-bond acceptors (Lipinski definition) is 6. The average Bonchev–Trinajstić information content (AvgIpc) is 2.95. The van der Waals surface area contributed by atoms with Crippen LogP contribution in [-0.2, 0) is 15.3 Å². The Kier molecular flexibility index (Phi) is 5.64. The number of carbonyl (C=O) groups excluding carboxylic acids is 1. The maximum atomic E-state index is 11.3. The van der Waals surface area contributed by atoms with Gasteiger partial charge in [0.2, 0.25) is 11.8 Å². The highest BCUT2D eigenvalue weighted by atomic mass is 35.5. The summed E-state index contributed by atoms with van der Waals surface area (Å²) in [5.41, 5.74) is 0.825. The van der Waals surface area contributed by atoms with E-state index in [-0.39, 0.29) is 11.9 Å². The molecule has 0 fully saturated rings. The van der Waals surface area contributed by atoms with Gasteiger partial charge in [-0.2, -0.15) is 11.8 Å². The van der Waals surface area contributed by atoms with Gasteiger partial charge in [0.25, 0.3) is 0 Å². The van der Waals surface area contributed by atoms with Gasteiger partial charge in [0.1, 0.15) is 0 Å². The summed E-state index contributed by atoms with van der Waals surface area (Å²) in [6, 6.07) is 7.19. The number of nitrogens with zero attached hydrogens (tertiary/aromatic N) is 2. The van der Waals surface area contributed by atoms with E-state index in [9.17, 15) is 4.79 Å². The molecule has 1 aromatic heterocycles. The molecule has 0 spiro atoms. The maximum absolute atomic E-state index is 11.3. The van der Waals surface area contributed by atoms with E-state index in [1.807, 2.05) is 19.1 Å². The SMILES string of the molecule is COC(=O)C(C)CSCc1nnc(-c2ccc(Cl)cc2)o1. The van der Waals surface area contributed by atoms with Crippen LogP contribution in [0.25, 0.3) is 11.5 Å². The molecule has 1 aromatic carbocycles. The van der Waals surface area contributed by atoms with Crippen molar-refractivity contribution in [2.45, 2.75) is 12.7 Å². The zero-order valence-corrected chi connectivity index (χ0v) is 13.3. The third kappa shape index (κ3) is 4.47. The largest absolute Gasteiger partial charge is 0.469 e. The lowest BCUT2D eigenvalue weighted by atomic mass is 10.2. The molecule has 0 radical (unpaired) electrons. The van der Waals surface area contributed by atoms with Crippen molar-refractivity contribution in [2.75, 3.05) is 12.9 Å². The van der Waals surface area contributed by atoms with Crippen LogP contribution in [-0.4, -0.2) is 29.0 Å². The molecule has 1 heterocycles. The number of thioether (sulfide) groups is 1. The number of halogens is 1. The van der Waals surface area contributed by atoms with Crippen LogP contribution in [0, 0.1) is 5.92 Å². The second kappa shape index (κ2) is 7.47. The highest BCUT2D eigenvalue weighted by molar-refractivity contribution is 7.98. The normalized spacial score (nSPS) is 12.1. The topological polar surface area (TPSA) is 65.2 Å². The zero-order valence-electron chi connectivity index (χ0n) is 11.7. The van der Waals surface area contributed by atoms with Crippen LogP contribution in [0.4, 0.5) is 0 Å². The molecule has 5 nitrogen and oxygen atoms in total. The molecule has 0 bridgehead atoms. The fourth-order valence-corrected chi connectivity index (χ4v) is 2.64. The third-order valence-electron chi connectivity index (χ3n) is 2.75. The molecule has 7 heteroatoms. The minimum absolute atomic E-state index is 0.154. The number of hydrogen-bond donors (Lipinski definition) is 0. The summed E-state index contributed by atoms with van der Waals surface area (Å²) < 4.78 is 10.2. The van der Waals surface area contributed by atoms with Crippen molar-refractivity contribution >= 4 is 29.3 Å². The molecule has 0 aliphatic heterocycles. The smallest absolute Gasteiger partial charge is 0.309 e. The Labute approximate surface area is 132 Å². The number of ether oxygens (including phenoxy) is 1. The standard InChI is InChI=1S/C14H15ClN2O3S/c1-9(14(18)19-2)7-21-8-12-16-17-13(20-12)10-3-5-11(15)6-4-10/h3-6,9H,7-8H2,1-2H3. The van der Waals surface area contributed by atoms with Crippen LogP contribution >= 0.6 is 23.4 Å². The predicted molar refractivity (Wildman–Crippen MR) is 82.1 cm³/mol. The number of aromatic nitrogens is 2. The van der Waals surface area contributed by atoms with E-state index in [4.69, 9.17) is 16.0 Å². The van der Waals surface area contributed by atoms with Gasteiger partial charge in [-0.3, -0.25) is 4.79 Å². The van der Waals surface area contributed by atoms with Crippen molar-refractivity contribution in [3.8, 4) is 11.5 Å². The Morgan fingerprint density at radius 1 is 1.38 bits per heavy atom. The molecule has 0 aliphatic rings. The van der Waals surface area contributed by atoms with E-state index in [1.165, 1.54) is 7.11 Å². The Hall–Kier alpha value is -1.53. The lowest BCUT2D eigenvalue weighted by Gasteiger charge is -2.06. The molecule has 1 unspecified atom stereocenters. The first-order valence-electron chi connectivity index (χ1n) is 6.34. The summed E-state index contributed by atoms with van der Waals surface area (Å²) in [6.45, 7) is 1.83. The van der Waals surface area contributed by atoms with Crippen LogP contribution in [0.1, 0.15) is 12.8 Å². The van der Waals surface area contributed by atoms with Gasteiger partial charge in [0.05, 0.1) is 18.8 Å². The molecule has 0 N–H and O–H groups in total. The molecular formula is C14H15ClN2O3S. The third-order valence-corrected chi connectivity index (χ3v) is 4.19. The van der Waals surface area contributed by atoms with Gasteiger partial charge in [-0.15, -0.1) is 10.2 Å². The van der Waals surface area contributed by atoms with Crippen molar-refractivity contribution in [3.05, 3.63) is 35.2 Å². The first-order valence-corrected chi connectivity index (χ1v) is 7.87. The molecule has 0 saturated carbocycles. The van der Waals surface area contributed by atoms with Gasteiger partial charge in [0, 0.05) is 16.3 Å². The van der Waals surface area contributed by atoms with Crippen molar-refractivity contribution in [3.63, 3.8) is 0 Å². The Bertz CT molecular complexity index is 601. The fraction of sp³-hybridized carbons (Fsp3) is 0.357. The molecular weight excluding hydrogens is 312 g/mol. The number of benzene rings is 1. The number of methoxy groups -OCH3 is 1. The quantitative estimate of drug-likeness (QED) is 0.758. The summed E-state index contributed by atoms with van der Waals surface area (Å²) in [5, 5.41) is 8.65. The van der Waals surface area contributed by atoms with E-state index in [1.54, 1.807) is 23.9 Å². The van der Waals surface area contributed by atoms with E-state index >= 15 is 0 Å². The highest BCUT2D eigenvalue weighted by Gasteiger charge is 2.14. The number of rotatable bonds is 6. The predicted octanol–water partition coefficient (Wildman–Crippen LogP) is 3.43. The summed E-state index contributed by atoms with van der Waals surface area (Å²) >= 11 is 7.38. The molecule has 0 saturated heterocycles. The molecule has 112 valence electrons. The van der Waals surface area contributed by atoms with E-state index in [0.29, 0.717) is 28.3 Å². The zero-order chi connectivity index (χ0) is 15.2. The minimum Gasteiger partial charge on any atom is -0.469 e. The minimum atomic E-state index is -0.213. The monoisotopic (exact) mass is 326 g/mol. The molecule has 1 atom stereocenters. The Morgan fingerprint density at radius 3 is 2.76 bits per heavy atom. The van der Waals surface area contributed by atoms with Crippen LogP contribution in [0.15, 0.2) is 28.7 Å². The van der Waals surface area contributed by atoms with Crippen LogP contribution in [0.2, 0.25) is 5.02 Å². The summed E-state index contributed by atoms with van der Waals surface area (Å²) in [7, 11) is 1.39. The van der Waals surface area contributed by atoms with E-state index in [2.05, 4.69) is 14.9 Å². The van der Waals surface area contributed by atoms with Gasteiger partial charge in [-0.1, -0.05) is 18.5 Å². The van der Waals surface area contributed by atoms with Gasteiger partial charge >= 0.3 is 5.97 Å². The van der Waals surface area contributed by atoms with Gasteiger partial charge in [0.15, 0.2) is 0 Å². The molecule has 21 heavy (non-hydrogen) atoms. The molecule has 0 amide bonds. The van der Waals surface area contributed by atoms with Crippen molar-refractivity contribution in [2.24, 2.45) is 5.92 Å². The van der Waals surface area contributed by atoms with E-state index < -0.39 is 0 Å².